The number of aromatic nitrogens is 1. The zero-order valence-corrected chi connectivity index (χ0v) is 13.0. The van der Waals surface area contributed by atoms with E-state index in [0.717, 1.165) is 0 Å². The largest absolute Gasteiger partial charge is 0.478 e. The van der Waals surface area contributed by atoms with Crippen LogP contribution in [0.2, 0.25) is 0 Å². The van der Waals surface area contributed by atoms with Crippen molar-refractivity contribution in [3.8, 4) is 0 Å². The molecule has 120 valence electrons. The fraction of sp³-hybridized carbons (Fsp3) is 0.467. The van der Waals surface area contributed by atoms with Crippen LogP contribution in [0.25, 0.3) is 0 Å². The second-order valence-electron chi connectivity index (χ2n) is 4.77. The van der Waals surface area contributed by atoms with Gasteiger partial charge in [0.05, 0.1) is 22.5 Å². The number of carboxylic acid groups (broad SMARTS) is 1. The van der Waals surface area contributed by atoms with Gasteiger partial charge in [0.1, 0.15) is 0 Å². The number of hydrogen-bond acceptors (Lipinski definition) is 6. The number of hydrogen-bond donors (Lipinski definition) is 1. The second kappa shape index (κ2) is 7.53. The lowest BCUT2D eigenvalue weighted by atomic mass is 10.1. The molecule has 0 fully saturated rings. The van der Waals surface area contributed by atoms with E-state index < -0.39 is 24.2 Å². The van der Waals surface area contributed by atoms with Gasteiger partial charge in [-0.25, -0.2) is 9.59 Å². The number of nitrogens with zero attached hydrogens (tertiary/aromatic N) is 1. The van der Waals surface area contributed by atoms with Crippen LogP contribution in [0, 0.1) is 13.8 Å². The summed E-state index contributed by atoms with van der Waals surface area (Å²) in [5.74, 6) is -2.43. The van der Waals surface area contributed by atoms with E-state index in [2.05, 4.69) is 4.98 Å². The summed E-state index contributed by atoms with van der Waals surface area (Å²) in [6, 6.07) is 1.21. The molecule has 1 heterocycles. The summed E-state index contributed by atoms with van der Waals surface area (Å²) in [5, 5.41) is 9.06. The van der Waals surface area contributed by atoms with Gasteiger partial charge < -0.3 is 14.6 Å². The van der Waals surface area contributed by atoms with Crippen molar-refractivity contribution in [2.75, 3.05) is 0 Å². The van der Waals surface area contributed by atoms with Gasteiger partial charge in [-0.3, -0.25) is 9.78 Å². The van der Waals surface area contributed by atoms with Gasteiger partial charge in [-0.05, 0) is 26.3 Å². The third kappa shape index (κ3) is 4.54. The molecule has 22 heavy (non-hydrogen) atoms. The predicted octanol–water partition coefficient (Wildman–Crippen LogP) is 2.24. The minimum atomic E-state index is -1.18. The lowest BCUT2D eigenvalue weighted by molar-refractivity contribution is -0.165. The fourth-order valence-corrected chi connectivity index (χ4v) is 1.83. The van der Waals surface area contributed by atoms with Crippen LogP contribution in [0.15, 0.2) is 6.07 Å². The van der Waals surface area contributed by atoms with Crippen molar-refractivity contribution in [1.82, 2.24) is 4.98 Å². The summed E-state index contributed by atoms with van der Waals surface area (Å²) in [6.45, 7) is 6.36. The molecule has 1 unspecified atom stereocenters. The van der Waals surface area contributed by atoms with Gasteiger partial charge >= 0.3 is 17.9 Å². The summed E-state index contributed by atoms with van der Waals surface area (Å²) in [4.78, 5) is 38.5. The molecule has 7 nitrogen and oxygen atoms in total. The maximum absolute atomic E-state index is 12.1. The summed E-state index contributed by atoms with van der Waals surface area (Å²) in [5.41, 5.74) is 0.609. The van der Waals surface area contributed by atoms with Crippen molar-refractivity contribution in [1.29, 1.82) is 0 Å². The molecular weight excluding hydrogens is 290 g/mol. The predicted molar refractivity (Wildman–Crippen MR) is 76.5 cm³/mol. The molecule has 0 aliphatic heterocycles. The van der Waals surface area contributed by atoms with Crippen molar-refractivity contribution in [2.45, 2.75) is 46.8 Å². The molecule has 1 aromatic rings. The molecule has 0 spiro atoms. The Labute approximate surface area is 128 Å². The van der Waals surface area contributed by atoms with Crippen molar-refractivity contribution < 1.29 is 29.0 Å². The number of carboxylic acids is 1. The van der Waals surface area contributed by atoms with E-state index in [-0.39, 0.29) is 17.5 Å². The Hall–Kier alpha value is -2.44. The third-order valence-corrected chi connectivity index (χ3v) is 2.88. The van der Waals surface area contributed by atoms with E-state index in [1.165, 1.54) is 13.0 Å². The number of pyridine rings is 1. The Morgan fingerprint density at radius 1 is 1.18 bits per heavy atom. The van der Waals surface area contributed by atoms with Crippen LogP contribution in [0.1, 0.15) is 58.8 Å². The lowest BCUT2D eigenvalue weighted by Crippen LogP contribution is -2.22. The standard InChI is InChI=1S/C15H19NO6/c1-5-6-13(17)21-10(4)22-15(20)12-7-11(14(18)19)8(2)16-9(12)3/h7,10H,5-6H2,1-4H3,(H,18,19). The summed E-state index contributed by atoms with van der Waals surface area (Å²) in [7, 11) is 0. The first-order valence-corrected chi connectivity index (χ1v) is 6.88. The molecular formula is C15H19NO6. The van der Waals surface area contributed by atoms with Crippen LogP contribution in [0.4, 0.5) is 0 Å². The molecule has 0 aromatic carbocycles. The number of ether oxygens (including phenoxy) is 2. The van der Waals surface area contributed by atoms with E-state index in [4.69, 9.17) is 14.6 Å². The number of carbonyl (C=O) groups is 3. The molecule has 0 bridgehead atoms. The van der Waals surface area contributed by atoms with Gasteiger partial charge in [-0.2, -0.15) is 0 Å². The second-order valence-corrected chi connectivity index (χ2v) is 4.77. The molecule has 1 rings (SSSR count). The quantitative estimate of drug-likeness (QED) is 0.635. The molecule has 1 atom stereocenters. The van der Waals surface area contributed by atoms with Gasteiger partial charge in [0.25, 0.3) is 0 Å². The lowest BCUT2D eigenvalue weighted by Gasteiger charge is -2.15. The highest BCUT2D eigenvalue weighted by Gasteiger charge is 2.20. The van der Waals surface area contributed by atoms with Crippen LogP contribution >= 0.6 is 0 Å². The van der Waals surface area contributed by atoms with E-state index in [0.29, 0.717) is 17.8 Å². The first kappa shape index (κ1) is 17.6. The SMILES string of the molecule is CCCC(=O)OC(C)OC(=O)c1cc(C(=O)O)c(C)nc1C. The number of aromatic carboxylic acids is 1. The minimum absolute atomic E-state index is 0.0291. The first-order chi connectivity index (χ1) is 10.3. The zero-order chi connectivity index (χ0) is 16.9. The van der Waals surface area contributed by atoms with E-state index in [1.807, 2.05) is 6.92 Å². The van der Waals surface area contributed by atoms with Crippen molar-refractivity contribution in [2.24, 2.45) is 0 Å². The van der Waals surface area contributed by atoms with Crippen LogP contribution < -0.4 is 0 Å². The van der Waals surface area contributed by atoms with E-state index in [9.17, 15) is 14.4 Å². The van der Waals surface area contributed by atoms with Crippen LogP contribution in [0.5, 0.6) is 0 Å². The summed E-state index contributed by atoms with van der Waals surface area (Å²) < 4.78 is 9.90. The van der Waals surface area contributed by atoms with Crippen molar-refractivity contribution in [3.05, 3.63) is 28.6 Å². The van der Waals surface area contributed by atoms with Crippen molar-refractivity contribution >= 4 is 17.9 Å². The minimum Gasteiger partial charge on any atom is -0.478 e. The van der Waals surface area contributed by atoms with Gasteiger partial charge in [-0.15, -0.1) is 0 Å². The Morgan fingerprint density at radius 3 is 2.32 bits per heavy atom. The average molecular weight is 309 g/mol. The Kier molecular flexibility index (Phi) is 6.03. The monoisotopic (exact) mass is 309 g/mol. The molecule has 7 heteroatoms. The zero-order valence-electron chi connectivity index (χ0n) is 13.0. The number of aryl methyl sites for hydroxylation is 2. The summed E-state index contributed by atoms with van der Waals surface area (Å²) >= 11 is 0. The first-order valence-electron chi connectivity index (χ1n) is 6.88. The van der Waals surface area contributed by atoms with E-state index >= 15 is 0 Å². The number of carbonyl (C=O) groups excluding carboxylic acids is 2. The van der Waals surface area contributed by atoms with Crippen LogP contribution in [0.3, 0.4) is 0 Å². The topological polar surface area (TPSA) is 103 Å². The molecule has 0 aliphatic carbocycles. The van der Waals surface area contributed by atoms with Gasteiger partial charge in [0, 0.05) is 13.3 Å². The molecule has 0 aliphatic rings. The highest BCUT2D eigenvalue weighted by Crippen LogP contribution is 2.15. The Bertz CT molecular complexity index is 596. The molecule has 1 aromatic heterocycles. The normalized spacial score (nSPS) is 11.6. The van der Waals surface area contributed by atoms with Crippen molar-refractivity contribution in [3.63, 3.8) is 0 Å². The Balaban J connectivity index is 2.87. The maximum atomic E-state index is 12.1. The van der Waals surface area contributed by atoms with Crippen LogP contribution in [-0.2, 0) is 14.3 Å². The van der Waals surface area contributed by atoms with Crippen LogP contribution in [-0.4, -0.2) is 34.3 Å². The molecule has 0 saturated carbocycles. The molecule has 0 radical (unpaired) electrons. The summed E-state index contributed by atoms with van der Waals surface area (Å²) in [6.07, 6.45) is -0.195. The smallest absolute Gasteiger partial charge is 0.343 e. The Morgan fingerprint density at radius 2 is 1.77 bits per heavy atom. The van der Waals surface area contributed by atoms with Gasteiger partial charge in [0.15, 0.2) is 0 Å². The number of rotatable bonds is 6. The molecule has 1 N–H and O–H groups in total. The highest BCUT2D eigenvalue weighted by molar-refractivity contribution is 5.95. The fourth-order valence-electron chi connectivity index (χ4n) is 1.83. The van der Waals surface area contributed by atoms with Gasteiger partial charge in [0.2, 0.25) is 6.29 Å². The molecule has 0 amide bonds. The van der Waals surface area contributed by atoms with Gasteiger partial charge in [-0.1, -0.05) is 6.92 Å². The third-order valence-electron chi connectivity index (χ3n) is 2.88. The molecule has 0 saturated heterocycles. The maximum Gasteiger partial charge on any atom is 0.343 e. The highest BCUT2D eigenvalue weighted by atomic mass is 16.7. The average Bonchev–Trinajstić information content (AvgIpc) is 2.37. The number of esters is 2. The van der Waals surface area contributed by atoms with E-state index in [1.54, 1.807) is 13.8 Å².